The lowest BCUT2D eigenvalue weighted by Crippen LogP contribution is -2.54. The predicted octanol–water partition coefficient (Wildman–Crippen LogP) is 0.803. The Morgan fingerprint density at radius 3 is 2.47 bits per heavy atom. The van der Waals surface area contributed by atoms with E-state index >= 15 is 0 Å². The van der Waals surface area contributed by atoms with Crippen LogP contribution >= 0.6 is 0 Å². The summed E-state index contributed by atoms with van der Waals surface area (Å²) in [5.41, 5.74) is 14.4. The van der Waals surface area contributed by atoms with Crippen molar-refractivity contribution in [3.63, 3.8) is 0 Å². The number of hydrogen-bond acceptors (Lipinski definition) is 8. The summed E-state index contributed by atoms with van der Waals surface area (Å²) >= 11 is 0. The van der Waals surface area contributed by atoms with Crippen LogP contribution in [-0.4, -0.2) is 67.0 Å². The van der Waals surface area contributed by atoms with Crippen molar-refractivity contribution < 1.29 is 24.3 Å². The van der Waals surface area contributed by atoms with Crippen molar-refractivity contribution in [1.29, 1.82) is 0 Å². The van der Waals surface area contributed by atoms with Crippen molar-refractivity contribution in [2.45, 2.75) is 44.7 Å². The summed E-state index contributed by atoms with van der Waals surface area (Å²) in [5, 5.41) is 10.9. The van der Waals surface area contributed by atoms with Gasteiger partial charge in [-0.25, -0.2) is 0 Å². The summed E-state index contributed by atoms with van der Waals surface area (Å²) in [7, 11) is 5.97. The molecule has 6 atom stereocenters. The molecule has 1 aromatic carbocycles. The highest BCUT2D eigenvalue weighted by Gasteiger charge is 2.48. The zero-order chi connectivity index (χ0) is 25.1. The first-order chi connectivity index (χ1) is 16.0. The number of anilines is 1. The first kappa shape index (κ1) is 24.3. The minimum Gasteiger partial charge on any atom is -0.507 e. The van der Waals surface area contributed by atoms with Gasteiger partial charge in [0, 0.05) is 31.2 Å². The Balaban J connectivity index is 1.69. The molecule has 0 radical (unpaired) electrons. The largest absolute Gasteiger partial charge is 0.507 e. The maximum Gasteiger partial charge on any atom is 0.228 e. The Labute approximate surface area is 199 Å². The van der Waals surface area contributed by atoms with E-state index < -0.39 is 47.2 Å². The van der Waals surface area contributed by atoms with E-state index in [1.54, 1.807) is 13.0 Å². The number of benzene rings is 1. The minimum absolute atomic E-state index is 0.0259. The van der Waals surface area contributed by atoms with Crippen LogP contribution in [0.25, 0.3) is 0 Å². The van der Waals surface area contributed by atoms with Crippen LogP contribution < -0.4 is 16.4 Å². The summed E-state index contributed by atoms with van der Waals surface area (Å²) in [6, 6.07) is 0.813. The van der Waals surface area contributed by atoms with Crippen molar-refractivity contribution in [3.05, 3.63) is 22.8 Å². The van der Waals surface area contributed by atoms with Crippen LogP contribution in [0.3, 0.4) is 0 Å². The number of phenols is 1. The standard InChI is InChI=1S/C25H34N4O5/c1-11-14(9-16(25(27)34)24(33)20(11)26)22(31)13-6-5-12-19(23(13)32)18(30)10-15-17(28(2)3)7-8-29(4)21(12)15/h10-11,13-14,16-17,20,30H,5-9,26H2,1-4H3,(H2,27,34). The maximum absolute atomic E-state index is 13.6. The first-order valence-corrected chi connectivity index (χ1v) is 11.9. The van der Waals surface area contributed by atoms with Crippen LogP contribution in [0.4, 0.5) is 5.69 Å². The molecule has 1 amide bonds. The van der Waals surface area contributed by atoms with Crippen molar-refractivity contribution in [3.8, 4) is 5.75 Å². The van der Waals surface area contributed by atoms with E-state index in [4.69, 9.17) is 11.5 Å². The van der Waals surface area contributed by atoms with Gasteiger partial charge in [0.2, 0.25) is 5.91 Å². The fourth-order valence-corrected chi connectivity index (χ4v) is 6.16. The Morgan fingerprint density at radius 2 is 1.85 bits per heavy atom. The molecular weight excluding hydrogens is 436 g/mol. The number of nitrogens with zero attached hydrogens (tertiary/aromatic N) is 2. The van der Waals surface area contributed by atoms with Gasteiger partial charge in [0.15, 0.2) is 11.6 Å². The van der Waals surface area contributed by atoms with Crippen LogP contribution in [0.15, 0.2) is 6.07 Å². The summed E-state index contributed by atoms with van der Waals surface area (Å²) < 4.78 is 0. The number of amides is 1. The number of hydrogen-bond donors (Lipinski definition) is 3. The Kier molecular flexibility index (Phi) is 6.29. The minimum atomic E-state index is -1.12. The molecule has 9 heteroatoms. The predicted molar refractivity (Wildman–Crippen MR) is 127 cm³/mol. The lowest BCUT2D eigenvalue weighted by Gasteiger charge is -2.40. The van der Waals surface area contributed by atoms with Gasteiger partial charge in [-0.2, -0.15) is 0 Å². The van der Waals surface area contributed by atoms with Gasteiger partial charge < -0.3 is 26.4 Å². The summed E-state index contributed by atoms with van der Waals surface area (Å²) in [6.07, 6.45) is 1.67. The lowest BCUT2D eigenvalue weighted by molar-refractivity contribution is -0.140. The highest BCUT2D eigenvalue weighted by atomic mass is 16.3. The van der Waals surface area contributed by atoms with Crippen LogP contribution in [0.5, 0.6) is 5.75 Å². The van der Waals surface area contributed by atoms with E-state index in [-0.39, 0.29) is 29.6 Å². The summed E-state index contributed by atoms with van der Waals surface area (Å²) in [5.74, 6) is -5.37. The van der Waals surface area contributed by atoms with Crippen molar-refractivity contribution in [2.75, 3.05) is 32.6 Å². The summed E-state index contributed by atoms with van der Waals surface area (Å²) in [6.45, 7) is 2.53. The second kappa shape index (κ2) is 8.78. The van der Waals surface area contributed by atoms with Gasteiger partial charge in [0.1, 0.15) is 11.5 Å². The number of primary amides is 1. The van der Waals surface area contributed by atoms with Crippen molar-refractivity contribution in [1.82, 2.24) is 4.90 Å². The number of carbonyl (C=O) groups is 4. The molecule has 6 unspecified atom stereocenters. The fraction of sp³-hybridized carbons (Fsp3) is 0.600. The molecule has 184 valence electrons. The quantitative estimate of drug-likeness (QED) is 0.548. The van der Waals surface area contributed by atoms with Crippen LogP contribution in [0.1, 0.15) is 53.7 Å². The van der Waals surface area contributed by atoms with Gasteiger partial charge in [-0.15, -0.1) is 0 Å². The fourth-order valence-electron chi connectivity index (χ4n) is 6.16. The molecule has 3 aliphatic rings. The second-order valence-electron chi connectivity index (χ2n) is 10.3. The summed E-state index contributed by atoms with van der Waals surface area (Å²) in [4.78, 5) is 55.6. The molecule has 0 aromatic heterocycles. The molecule has 34 heavy (non-hydrogen) atoms. The number of nitrogens with two attached hydrogens (primary N) is 2. The number of fused-ring (bicyclic) bond motifs is 3. The monoisotopic (exact) mass is 470 g/mol. The molecule has 0 spiro atoms. The molecule has 1 aliphatic heterocycles. The SMILES string of the molecule is CC1C(N)C(=O)C(C(N)=O)CC1C(=O)C1CCc2c(c(O)cc3c2N(C)CCC3N(C)C)C1=O. The van der Waals surface area contributed by atoms with Gasteiger partial charge in [0.25, 0.3) is 0 Å². The highest BCUT2D eigenvalue weighted by Crippen LogP contribution is 2.47. The number of phenolic OH excluding ortho intramolecular Hbond substituents is 1. The molecule has 1 aromatic rings. The zero-order valence-electron chi connectivity index (χ0n) is 20.2. The first-order valence-electron chi connectivity index (χ1n) is 11.9. The molecule has 1 fully saturated rings. The molecular formula is C25H34N4O5. The van der Waals surface area contributed by atoms with E-state index in [0.29, 0.717) is 12.8 Å². The van der Waals surface area contributed by atoms with E-state index in [9.17, 15) is 24.3 Å². The highest BCUT2D eigenvalue weighted by molar-refractivity contribution is 6.15. The Bertz CT molecular complexity index is 1070. The van der Waals surface area contributed by atoms with Crippen molar-refractivity contribution >= 4 is 28.9 Å². The second-order valence-corrected chi connectivity index (χ2v) is 10.3. The molecule has 1 heterocycles. The smallest absolute Gasteiger partial charge is 0.228 e. The van der Waals surface area contributed by atoms with Gasteiger partial charge in [-0.05, 0) is 62.9 Å². The maximum atomic E-state index is 13.6. The molecule has 1 saturated carbocycles. The van der Waals surface area contributed by atoms with Crippen LogP contribution in [0, 0.1) is 23.7 Å². The Morgan fingerprint density at radius 1 is 1.18 bits per heavy atom. The number of ketones is 3. The number of Topliss-reactive ketones (excluding diaryl/α,β-unsaturated/α-hetero) is 3. The van der Waals surface area contributed by atoms with E-state index in [0.717, 1.165) is 29.8 Å². The lowest BCUT2D eigenvalue weighted by atomic mass is 9.65. The average Bonchev–Trinajstić information content (AvgIpc) is 2.76. The van der Waals surface area contributed by atoms with E-state index in [1.165, 1.54) is 0 Å². The van der Waals surface area contributed by atoms with Gasteiger partial charge in [-0.3, -0.25) is 19.2 Å². The van der Waals surface area contributed by atoms with Crippen molar-refractivity contribution in [2.24, 2.45) is 35.1 Å². The third kappa shape index (κ3) is 3.71. The zero-order valence-corrected chi connectivity index (χ0v) is 20.2. The van der Waals surface area contributed by atoms with Gasteiger partial charge >= 0.3 is 0 Å². The number of rotatable bonds is 4. The van der Waals surface area contributed by atoms with Crippen LogP contribution in [0.2, 0.25) is 0 Å². The van der Waals surface area contributed by atoms with Crippen LogP contribution in [-0.2, 0) is 20.8 Å². The molecule has 0 saturated heterocycles. The molecule has 9 nitrogen and oxygen atoms in total. The van der Waals surface area contributed by atoms with Gasteiger partial charge in [0.05, 0.1) is 23.4 Å². The van der Waals surface area contributed by atoms with Gasteiger partial charge in [-0.1, -0.05) is 6.92 Å². The normalized spacial score (nSPS) is 31.3. The molecule has 0 bridgehead atoms. The van der Waals surface area contributed by atoms with E-state index in [2.05, 4.69) is 9.80 Å². The number of carbonyl (C=O) groups excluding carboxylic acids is 4. The number of aromatic hydroxyl groups is 1. The molecule has 4 rings (SSSR count). The molecule has 2 aliphatic carbocycles. The molecule has 5 N–H and O–H groups in total. The third-order valence-electron chi connectivity index (χ3n) is 8.17. The Hall–Kier alpha value is -2.78. The third-order valence-corrected chi connectivity index (χ3v) is 8.17. The topological polar surface area (TPSA) is 147 Å². The van der Waals surface area contributed by atoms with E-state index in [1.807, 2.05) is 21.1 Å². The average molecular weight is 471 g/mol.